The van der Waals surface area contributed by atoms with Crippen LogP contribution in [0, 0.1) is 6.92 Å². The normalized spacial score (nSPS) is 11.6. The number of aryl methyl sites for hydroxylation is 1. The molecule has 2 N–H and O–H groups in total. The van der Waals surface area contributed by atoms with Gasteiger partial charge in [-0.3, -0.25) is 0 Å². The highest BCUT2D eigenvalue weighted by atomic mass is 35.5. The Morgan fingerprint density at radius 3 is 3.00 bits per heavy atom. The summed E-state index contributed by atoms with van der Waals surface area (Å²) in [6.45, 7) is 4.28. The van der Waals surface area contributed by atoms with Crippen LogP contribution in [-0.4, -0.2) is 30.7 Å². The van der Waals surface area contributed by atoms with Gasteiger partial charge in [-0.1, -0.05) is 34.1 Å². The molecule has 0 atom stereocenters. The third kappa shape index (κ3) is 4.54. The van der Waals surface area contributed by atoms with Gasteiger partial charge in [-0.15, -0.1) is 5.10 Å². The molecule has 8 nitrogen and oxygen atoms in total. The maximum absolute atomic E-state index is 5.97. The van der Waals surface area contributed by atoms with Gasteiger partial charge >= 0.3 is 0 Å². The number of oxime groups is 1. The molecule has 0 unspecified atom stereocenters. The van der Waals surface area contributed by atoms with Crippen LogP contribution >= 0.6 is 11.6 Å². The third-order valence-corrected chi connectivity index (χ3v) is 3.83. The van der Waals surface area contributed by atoms with Gasteiger partial charge in [0.15, 0.2) is 6.61 Å². The molecule has 0 aliphatic rings. The van der Waals surface area contributed by atoms with Crippen molar-refractivity contribution in [2.45, 2.75) is 27.0 Å². The maximum atomic E-state index is 5.97. The Labute approximate surface area is 155 Å². The topological polar surface area (TPSA) is 104 Å². The van der Waals surface area contributed by atoms with Gasteiger partial charge in [0.2, 0.25) is 0 Å². The first-order valence-electron chi connectivity index (χ1n) is 7.91. The maximum Gasteiger partial charge on any atom is 0.162 e. The molecular weight excluding hydrogens is 354 g/mol. The van der Waals surface area contributed by atoms with E-state index in [2.05, 4.69) is 25.4 Å². The second-order valence-electron chi connectivity index (χ2n) is 5.70. The van der Waals surface area contributed by atoms with Crippen LogP contribution in [0.25, 0.3) is 0 Å². The van der Waals surface area contributed by atoms with Gasteiger partial charge in [-0.25, -0.2) is 14.6 Å². The zero-order valence-electron chi connectivity index (χ0n) is 14.4. The van der Waals surface area contributed by atoms with Gasteiger partial charge in [-0.2, -0.15) is 0 Å². The first kappa shape index (κ1) is 17.8. The van der Waals surface area contributed by atoms with Crippen LogP contribution in [0.5, 0.6) is 0 Å². The molecule has 0 radical (unpaired) electrons. The molecule has 1 aromatic carbocycles. The number of hydrogen-bond donors (Lipinski definition) is 1. The van der Waals surface area contributed by atoms with E-state index in [1.807, 2.05) is 31.2 Å². The molecule has 0 spiro atoms. The van der Waals surface area contributed by atoms with Crippen molar-refractivity contribution in [2.24, 2.45) is 5.16 Å². The van der Waals surface area contributed by atoms with Crippen molar-refractivity contribution < 1.29 is 4.84 Å². The molecule has 0 fully saturated rings. The van der Waals surface area contributed by atoms with Gasteiger partial charge in [-0.05, 0) is 26.0 Å². The van der Waals surface area contributed by atoms with Gasteiger partial charge in [0.1, 0.15) is 17.3 Å². The number of benzene rings is 1. The molecule has 0 saturated heterocycles. The van der Waals surface area contributed by atoms with E-state index >= 15 is 0 Å². The molecule has 134 valence electrons. The Bertz CT molecular complexity index is 938. The van der Waals surface area contributed by atoms with Crippen LogP contribution in [0.3, 0.4) is 0 Å². The summed E-state index contributed by atoms with van der Waals surface area (Å²) in [5.41, 5.74) is 8.95. The van der Waals surface area contributed by atoms with Crippen LogP contribution in [-0.2, 0) is 18.0 Å². The Balaban J connectivity index is 1.59. The lowest BCUT2D eigenvalue weighted by Crippen LogP contribution is -2.07. The summed E-state index contributed by atoms with van der Waals surface area (Å²) in [6, 6.07) is 7.42. The van der Waals surface area contributed by atoms with Crippen LogP contribution in [0.2, 0.25) is 5.02 Å². The lowest BCUT2D eigenvalue weighted by atomic mass is 10.1. The van der Waals surface area contributed by atoms with Crippen LogP contribution < -0.4 is 5.73 Å². The number of aromatic nitrogens is 5. The molecule has 3 rings (SSSR count). The van der Waals surface area contributed by atoms with Crippen molar-refractivity contribution in [3.63, 3.8) is 0 Å². The quantitative estimate of drug-likeness (QED) is 0.527. The predicted molar refractivity (Wildman–Crippen MR) is 98.8 cm³/mol. The molecule has 2 aromatic heterocycles. The molecule has 9 heteroatoms. The van der Waals surface area contributed by atoms with Crippen molar-refractivity contribution >= 4 is 23.1 Å². The number of nitrogen functional groups attached to an aromatic ring is 1. The van der Waals surface area contributed by atoms with Gasteiger partial charge in [0.25, 0.3) is 0 Å². The summed E-state index contributed by atoms with van der Waals surface area (Å²) < 4.78 is 1.65. The second-order valence-corrected chi connectivity index (χ2v) is 6.13. The fraction of sp³-hybridized carbons (Fsp3) is 0.235. The highest BCUT2D eigenvalue weighted by Gasteiger charge is 2.07. The van der Waals surface area contributed by atoms with E-state index in [-0.39, 0.29) is 6.61 Å². The van der Waals surface area contributed by atoms with Crippen LogP contribution in [0.15, 0.2) is 41.8 Å². The predicted octanol–water partition coefficient (Wildman–Crippen LogP) is 2.60. The zero-order chi connectivity index (χ0) is 18.5. The first-order valence-corrected chi connectivity index (χ1v) is 8.28. The summed E-state index contributed by atoms with van der Waals surface area (Å²) in [4.78, 5) is 13.6. The molecule has 3 aromatic rings. The van der Waals surface area contributed by atoms with Gasteiger partial charge in [0.05, 0.1) is 18.5 Å². The molecular formula is C17H18ClN7O. The van der Waals surface area contributed by atoms with Gasteiger partial charge < -0.3 is 10.6 Å². The Kier molecular flexibility index (Phi) is 5.43. The monoisotopic (exact) mass is 371 g/mol. The number of halogens is 1. The summed E-state index contributed by atoms with van der Waals surface area (Å²) in [7, 11) is 0. The second kappa shape index (κ2) is 7.92. The summed E-state index contributed by atoms with van der Waals surface area (Å²) in [6.07, 6.45) is 3.46. The molecule has 26 heavy (non-hydrogen) atoms. The minimum Gasteiger partial charge on any atom is -0.389 e. The number of nitrogens with two attached hydrogens (primary N) is 1. The van der Waals surface area contributed by atoms with E-state index in [1.54, 1.807) is 24.0 Å². The fourth-order valence-electron chi connectivity index (χ4n) is 2.25. The highest BCUT2D eigenvalue weighted by molar-refractivity contribution is 6.31. The van der Waals surface area contributed by atoms with E-state index in [0.29, 0.717) is 28.9 Å². The third-order valence-electron chi connectivity index (χ3n) is 3.59. The smallest absolute Gasteiger partial charge is 0.162 e. The van der Waals surface area contributed by atoms with E-state index in [9.17, 15) is 0 Å². The number of nitrogens with zero attached hydrogens (tertiary/aromatic N) is 6. The summed E-state index contributed by atoms with van der Waals surface area (Å²) >= 11 is 5.97. The molecule has 0 bridgehead atoms. The Morgan fingerprint density at radius 1 is 1.38 bits per heavy atom. The standard InChI is InChI=1S/C17H18ClN7O/c1-11(13-4-3-5-15(18)6-13)23-26-10-16-9-25(24-22-16)8-14-7-20-12(2)21-17(14)19/h3-7,9H,8,10H2,1-2H3,(H2,19,20,21)/b23-11+. The Morgan fingerprint density at radius 2 is 2.23 bits per heavy atom. The lowest BCUT2D eigenvalue weighted by molar-refractivity contribution is 0.127. The SMILES string of the molecule is C/C(=N\OCc1cn(Cc2cnc(C)nc2N)nn1)c1cccc(Cl)c1. The largest absolute Gasteiger partial charge is 0.389 e. The van der Waals surface area contributed by atoms with E-state index < -0.39 is 0 Å². The summed E-state index contributed by atoms with van der Waals surface area (Å²) in [5.74, 6) is 1.07. The molecule has 0 saturated carbocycles. The van der Waals surface area contributed by atoms with Crippen LogP contribution in [0.1, 0.15) is 29.6 Å². The molecule has 0 amide bonds. The summed E-state index contributed by atoms with van der Waals surface area (Å²) in [5, 5.41) is 12.9. The number of anilines is 1. The van der Waals surface area contributed by atoms with Crippen LogP contribution in [0.4, 0.5) is 5.82 Å². The van der Waals surface area contributed by atoms with Gasteiger partial charge in [0, 0.05) is 22.3 Å². The molecule has 0 aliphatic heterocycles. The fourth-order valence-corrected chi connectivity index (χ4v) is 2.44. The molecule has 2 heterocycles. The average molecular weight is 372 g/mol. The highest BCUT2D eigenvalue weighted by Crippen LogP contribution is 2.12. The van der Waals surface area contributed by atoms with E-state index in [4.69, 9.17) is 22.2 Å². The van der Waals surface area contributed by atoms with Crippen molar-refractivity contribution in [2.75, 3.05) is 5.73 Å². The number of rotatable bonds is 6. The minimum absolute atomic E-state index is 0.206. The first-order chi connectivity index (χ1) is 12.5. The average Bonchev–Trinajstić information content (AvgIpc) is 3.05. The van der Waals surface area contributed by atoms with E-state index in [0.717, 1.165) is 16.8 Å². The molecule has 0 aliphatic carbocycles. The number of hydrogen-bond acceptors (Lipinski definition) is 7. The zero-order valence-corrected chi connectivity index (χ0v) is 15.2. The van der Waals surface area contributed by atoms with E-state index in [1.165, 1.54) is 0 Å². The van der Waals surface area contributed by atoms with Crippen molar-refractivity contribution in [1.29, 1.82) is 0 Å². The Hall–Kier alpha value is -3.00. The van der Waals surface area contributed by atoms with Crippen molar-refractivity contribution in [3.8, 4) is 0 Å². The van der Waals surface area contributed by atoms with Crippen molar-refractivity contribution in [3.05, 3.63) is 64.3 Å². The lowest BCUT2D eigenvalue weighted by Gasteiger charge is -2.04. The minimum atomic E-state index is 0.206. The van der Waals surface area contributed by atoms with Crippen molar-refractivity contribution in [1.82, 2.24) is 25.0 Å².